The lowest BCUT2D eigenvalue weighted by Gasteiger charge is -2.12. The number of benzene rings is 17. The summed E-state index contributed by atoms with van der Waals surface area (Å²) in [6, 6.07) is 127. The lowest BCUT2D eigenvalue weighted by atomic mass is 9.99. The molecule has 0 N–H and O–H groups in total. The summed E-state index contributed by atoms with van der Waals surface area (Å²) in [6.07, 6.45) is 0. The molecular weight excluding hydrogens is 1500 g/mol. The summed E-state index contributed by atoms with van der Waals surface area (Å²) >= 11 is 0. The van der Waals surface area contributed by atoms with E-state index in [9.17, 15) is 15.8 Å². The summed E-state index contributed by atoms with van der Waals surface area (Å²) < 4.78 is 36.0. The van der Waals surface area contributed by atoms with E-state index in [0.717, 1.165) is 237 Å². The summed E-state index contributed by atoms with van der Waals surface area (Å²) in [5, 5.41) is 47.4. The molecule has 0 fully saturated rings. The molecule has 562 valence electrons. The van der Waals surface area contributed by atoms with Crippen LogP contribution in [0.4, 0.5) is 0 Å². The van der Waals surface area contributed by atoms with Gasteiger partial charge in [0.15, 0.2) is 0 Å². The molecule has 17 aromatic carbocycles. The lowest BCUT2D eigenvalue weighted by molar-refractivity contribution is 0.669. The summed E-state index contributed by atoms with van der Waals surface area (Å²) in [4.78, 5) is 10.7. The molecule has 0 aliphatic carbocycles. The first-order chi connectivity index (χ1) is 60.2. The topological polar surface area (TPSA) is 169 Å². The minimum atomic E-state index is 0.381. The van der Waals surface area contributed by atoms with Gasteiger partial charge in [0.1, 0.15) is 44.7 Å². The monoisotopic (exact) mass is 1560 g/mol. The molecule has 0 saturated heterocycles. The van der Waals surface area contributed by atoms with Crippen molar-refractivity contribution in [3.05, 3.63) is 362 Å². The van der Waals surface area contributed by atoms with Crippen LogP contribution in [-0.4, -0.2) is 28.2 Å². The van der Waals surface area contributed by atoms with E-state index >= 15 is 0 Å². The van der Waals surface area contributed by atoms with Crippen molar-refractivity contribution in [1.29, 1.82) is 15.8 Å². The summed E-state index contributed by atoms with van der Waals surface area (Å²) in [5.41, 5.74) is 27.6. The highest BCUT2D eigenvalue weighted by molar-refractivity contribution is 6.24. The van der Waals surface area contributed by atoms with E-state index in [1.54, 1.807) is 6.07 Å². The van der Waals surface area contributed by atoms with Gasteiger partial charge in [-0.05, 0) is 173 Å². The molecule has 0 amide bonds. The third kappa shape index (κ3) is 9.89. The number of furan rings is 4. The average Bonchev–Trinajstić information content (AvgIpc) is 1.62. The largest absolute Gasteiger partial charge is 0.456 e. The van der Waals surface area contributed by atoms with Crippen molar-refractivity contribution in [2.75, 3.05) is 0 Å². The predicted molar refractivity (Wildman–Crippen MR) is 490 cm³/mol. The fourth-order valence-corrected chi connectivity index (χ4v) is 19.4. The molecule has 0 spiro atoms. The Morgan fingerprint density at radius 3 is 1.15 bits per heavy atom. The molecule has 0 radical (unpaired) electrons. The molecule has 26 aromatic rings. The van der Waals surface area contributed by atoms with Gasteiger partial charge in [-0.25, -0.2) is 9.97 Å². The lowest BCUT2D eigenvalue weighted by Crippen LogP contribution is -2.04. The van der Waals surface area contributed by atoms with Crippen molar-refractivity contribution < 1.29 is 17.7 Å². The van der Waals surface area contributed by atoms with Crippen LogP contribution in [0, 0.1) is 34.0 Å². The minimum Gasteiger partial charge on any atom is -0.456 e. The maximum Gasteiger partial charge on any atom is 0.235 e. The van der Waals surface area contributed by atoms with Crippen LogP contribution in [0.5, 0.6) is 0 Å². The van der Waals surface area contributed by atoms with Crippen LogP contribution in [-0.2, 0) is 0 Å². The first-order valence-electron chi connectivity index (χ1n) is 40.5. The van der Waals surface area contributed by atoms with Crippen molar-refractivity contribution in [2.45, 2.75) is 0 Å². The number of rotatable bonds is 9. The molecule has 0 bridgehead atoms. The van der Waals surface area contributed by atoms with Gasteiger partial charge in [0, 0.05) is 144 Å². The molecule has 13 nitrogen and oxygen atoms in total. The highest BCUT2D eigenvalue weighted by atomic mass is 16.3. The number of hydrogen-bond donors (Lipinski definition) is 0. The molecule has 26 rings (SSSR count). The van der Waals surface area contributed by atoms with E-state index in [-0.39, 0.29) is 0 Å². The molecule has 9 aromatic heterocycles. The number of hydrogen-bond acceptors (Lipinski definition) is 9. The van der Waals surface area contributed by atoms with Gasteiger partial charge in [0.2, 0.25) is 5.95 Å². The number of nitriles is 3. The second kappa shape index (κ2) is 25.3. The zero-order valence-corrected chi connectivity index (χ0v) is 64.6. The number of para-hydroxylation sites is 4. The molecule has 0 saturated carbocycles. The fraction of sp³-hybridized carbons (Fsp3) is 0. The Bertz CT molecular complexity index is 9170. The Kier molecular flexibility index (Phi) is 13.9. The summed E-state index contributed by atoms with van der Waals surface area (Å²) in [5.74, 6) is 0.561. The van der Waals surface area contributed by atoms with Crippen molar-refractivity contribution in [3.63, 3.8) is 0 Å². The Morgan fingerprint density at radius 1 is 0.205 bits per heavy atom. The van der Waals surface area contributed by atoms with E-state index in [4.69, 9.17) is 27.6 Å². The Morgan fingerprint density at radius 2 is 0.590 bits per heavy atom. The second-order valence-corrected chi connectivity index (χ2v) is 31.7. The van der Waals surface area contributed by atoms with Crippen LogP contribution < -0.4 is 0 Å². The Hall–Kier alpha value is -17.3. The Balaban J connectivity index is 0.578. The smallest absolute Gasteiger partial charge is 0.235 e. The first-order valence-corrected chi connectivity index (χ1v) is 40.5. The third-order valence-electron chi connectivity index (χ3n) is 25.0. The third-order valence-corrected chi connectivity index (χ3v) is 25.0. The highest BCUT2D eigenvalue weighted by Gasteiger charge is 2.27. The van der Waals surface area contributed by atoms with Crippen LogP contribution in [0.15, 0.2) is 363 Å². The zero-order chi connectivity index (χ0) is 80.3. The van der Waals surface area contributed by atoms with E-state index in [2.05, 4.69) is 273 Å². The van der Waals surface area contributed by atoms with Crippen molar-refractivity contribution in [3.8, 4) is 97.1 Å². The van der Waals surface area contributed by atoms with Gasteiger partial charge in [-0.2, -0.15) is 15.8 Å². The van der Waals surface area contributed by atoms with E-state index < -0.39 is 0 Å². The van der Waals surface area contributed by atoms with E-state index in [1.807, 2.05) is 103 Å². The van der Waals surface area contributed by atoms with Crippen LogP contribution in [0.25, 0.3) is 254 Å². The predicted octanol–water partition coefficient (Wildman–Crippen LogP) is 28.4. The van der Waals surface area contributed by atoms with Crippen LogP contribution in [0.2, 0.25) is 0 Å². The number of fused-ring (bicyclic) bond motifs is 24. The Labute approximate surface area is 691 Å². The maximum absolute atomic E-state index is 10.4. The SMILES string of the molecule is N#Cc1cccc(-n2c3ccc(-c4ccc5c(c4)c4cc6c(cc4n5-c4cc(C#N)cc(C#N)c4)oc4c(-c5ccc(-n7c8ccccc8c8cc9c(cc87)oc7ccc(-c8ccc%10c(c8)c8cc%11c(cc8n%10-c8nc(-c%10ccccc%10)cc(-c%10ccccc%10)n8)oc8ccccc8%11)cc79)cc5)cccc46)cc3c3cc4c(cc32)oc2ccccc24)c1. The molecule has 0 unspecified atom stereocenters. The minimum absolute atomic E-state index is 0.381. The van der Waals surface area contributed by atoms with Gasteiger partial charge >= 0.3 is 0 Å². The van der Waals surface area contributed by atoms with Crippen molar-refractivity contribution in [1.82, 2.24) is 28.2 Å². The van der Waals surface area contributed by atoms with Gasteiger partial charge in [-0.3, -0.25) is 4.57 Å². The maximum atomic E-state index is 10.4. The van der Waals surface area contributed by atoms with Crippen LogP contribution in [0.1, 0.15) is 16.7 Å². The van der Waals surface area contributed by atoms with Crippen LogP contribution in [0.3, 0.4) is 0 Å². The number of aromatic nitrogens is 6. The quantitative estimate of drug-likeness (QED) is 0.136. The normalized spacial score (nSPS) is 12.1. The molecular formula is C109H57N9O4. The summed E-state index contributed by atoms with van der Waals surface area (Å²) in [6.45, 7) is 0. The molecule has 0 aliphatic rings. The molecule has 9 heterocycles. The van der Waals surface area contributed by atoms with E-state index in [1.165, 1.54) is 0 Å². The average molecular weight is 1560 g/mol. The first kappa shape index (κ1) is 66.9. The molecule has 13 heteroatoms. The highest BCUT2D eigenvalue weighted by Crippen LogP contribution is 2.48. The van der Waals surface area contributed by atoms with Gasteiger partial charge in [-0.1, -0.05) is 176 Å². The van der Waals surface area contributed by atoms with Gasteiger partial charge in [0.25, 0.3) is 0 Å². The van der Waals surface area contributed by atoms with Crippen molar-refractivity contribution >= 4 is 175 Å². The molecule has 122 heavy (non-hydrogen) atoms. The van der Waals surface area contributed by atoms with Gasteiger partial charge in [-0.15, -0.1) is 0 Å². The standard InChI is InChI=1S/C109H57N9O4/c110-58-61-15-13-20-72(42-61)116-94-37-31-67(45-79(94)83-50-87-76-22-8-11-27-101(76)119-104(87)55-98(83)116)68-32-38-95-80(46-68)84-52-89-78-25-14-24-74(108(78)122-107(89)56-99(84)117(95)73-43-62(59-111)41-63(44-73)60-112)64-29-35-71(36-30-64)115-93-26-10-7-21-75(93)82-49-90-86-48-70(34-40-103(86)121-106(90)54-97(82)115)69-33-39-96-81(47-69)85-51-88-77-23-9-12-28-102(77)120-105(88)57-100(85)118(96)109-113-91(65-16-3-1-4-17-65)53-92(114-109)66-18-5-2-6-19-66/h1-57H. The zero-order valence-electron chi connectivity index (χ0n) is 64.6. The van der Waals surface area contributed by atoms with E-state index in [0.29, 0.717) is 33.9 Å². The second-order valence-electron chi connectivity index (χ2n) is 31.7. The van der Waals surface area contributed by atoms with Crippen LogP contribution >= 0.6 is 0 Å². The summed E-state index contributed by atoms with van der Waals surface area (Å²) in [7, 11) is 0. The van der Waals surface area contributed by atoms with Gasteiger partial charge in [0.05, 0.1) is 90.4 Å². The fourth-order valence-electron chi connectivity index (χ4n) is 19.4. The molecule has 0 atom stereocenters. The number of nitrogens with zero attached hydrogens (tertiary/aromatic N) is 9. The molecule has 0 aliphatic heterocycles. The van der Waals surface area contributed by atoms with Gasteiger partial charge < -0.3 is 31.4 Å². The van der Waals surface area contributed by atoms with Crippen molar-refractivity contribution in [2.24, 2.45) is 0 Å².